The van der Waals surface area contributed by atoms with Crippen LogP contribution in [0.3, 0.4) is 0 Å². The second kappa shape index (κ2) is 8.13. The third kappa shape index (κ3) is 4.50. The molecule has 0 heterocycles. The molecule has 27 heavy (non-hydrogen) atoms. The smallest absolute Gasteiger partial charge is 0.00141 e. The van der Waals surface area contributed by atoms with E-state index in [1.165, 1.54) is 38.9 Å². The molecule has 0 spiro atoms. The molecule has 3 rings (SSSR count). The van der Waals surface area contributed by atoms with Crippen LogP contribution in [0.1, 0.15) is 76.0 Å². The lowest BCUT2D eigenvalue weighted by Gasteiger charge is -2.14. The summed E-state index contributed by atoms with van der Waals surface area (Å²) >= 11 is 0. The maximum absolute atomic E-state index is 3.67. The average molecular weight is 356 g/mol. The van der Waals surface area contributed by atoms with Gasteiger partial charge >= 0.3 is 0 Å². The van der Waals surface area contributed by atoms with E-state index < -0.39 is 0 Å². The molecule has 0 aliphatic rings. The predicted octanol–water partition coefficient (Wildman–Crippen LogP) is 8.19. The fourth-order valence-electron chi connectivity index (χ4n) is 3.33. The summed E-state index contributed by atoms with van der Waals surface area (Å²) in [5.74, 6) is 1.60. The first kappa shape index (κ1) is 19.4. The van der Waals surface area contributed by atoms with Crippen molar-refractivity contribution in [1.29, 1.82) is 0 Å². The van der Waals surface area contributed by atoms with E-state index in [9.17, 15) is 0 Å². The van der Waals surface area contributed by atoms with Gasteiger partial charge in [-0.25, -0.2) is 0 Å². The Balaban J connectivity index is 2.05. The van der Waals surface area contributed by atoms with E-state index in [-0.39, 0.29) is 0 Å². The number of rotatable bonds is 5. The molecule has 0 nitrogen and oxygen atoms in total. The zero-order valence-electron chi connectivity index (χ0n) is 17.5. The first-order valence-electron chi connectivity index (χ1n) is 10.1. The number of hydrogen-bond acceptors (Lipinski definition) is 0. The fraction of sp³-hybridized carbons (Fsp3) is 0.333. The number of benzene rings is 3. The summed E-state index contributed by atoms with van der Waals surface area (Å²) in [5.41, 5.74) is 8.95. The Kier molecular flexibility index (Phi) is 5.85. The van der Waals surface area contributed by atoms with Crippen molar-refractivity contribution in [2.45, 2.75) is 59.3 Å². The van der Waals surface area contributed by atoms with Crippen molar-refractivity contribution in [2.24, 2.45) is 0 Å². The van der Waals surface area contributed by atoms with Crippen LogP contribution < -0.4 is 0 Å². The topological polar surface area (TPSA) is 0 Å². The summed E-state index contributed by atoms with van der Waals surface area (Å²) in [6.07, 6.45) is 0. The van der Waals surface area contributed by atoms with E-state index in [0.29, 0.717) is 17.8 Å². The quantitative estimate of drug-likeness (QED) is 0.433. The Morgan fingerprint density at radius 1 is 0.481 bits per heavy atom. The predicted molar refractivity (Wildman–Crippen MR) is 118 cm³/mol. The van der Waals surface area contributed by atoms with E-state index in [1.807, 2.05) is 0 Å². The zero-order chi connectivity index (χ0) is 19.6. The van der Waals surface area contributed by atoms with Gasteiger partial charge in [-0.15, -0.1) is 0 Å². The zero-order valence-corrected chi connectivity index (χ0v) is 17.5. The molecule has 0 saturated carbocycles. The highest BCUT2D eigenvalue weighted by Crippen LogP contribution is 2.32. The van der Waals surface area contributed by atoms with Crippen molar-refractivity contribution < 1.29 is 0 Å². The van der Waals surface area contributed by atoms with Crippen molar-refractivity contribution in [3.8, 4) is 22.3 Å². The van der Waals surface area contributed by atoms with Crippen LogP contribution >= 0.6 is 0 Å². The molecule has 1 radical (unpaired) electrons. The monoisotopic (exact) mass is 355 g/mol. The molecular weight excluding hydrogens is 324 g/mol. The molecule has 0 aromatic heterocycles. The summed E-state index contributed by atoms with van der Waals surface area (Å²) in [7, 11) is 0. The minimum Gasteiger partial charge on any atom is -0.0587 e. The molecule has 0 aliphatic carbocycles. The van der Waals surface area contributed by atoms with Crippen LogP contribution in [0.4, 0.5) is 0 Å². The highest BCUT2D eigenvalue weighted by atomic mass is 14.1. The van der Waals surface area contributed by atoms with E-state index in [1.54, 1.807) is 0 Å². The van der Waals surface area contributed by atoms with Crippen LogP contribution in [0, 0.1) is 6.07 Å². The molecule has 0 heteroatoms. The SMILES string of the molecule is CC(C)c1ccc(-c2[c]c(-c3ccc(C(C)C)cc3)cc(C(C)C)c2)cc1. The molecular formula is C27H31. The van der Waals surface area contributed by atoms with Gasteiger partial charge in [-0.1, -0.05) is 102 Å². The maximum atomic E-state index is 3.67. The van der Waals surface area contributed by atoms with Crippen LogP contribution in [0.25, 0.3) is 22.3 Å². The minimum absolute atomic E-state index is 0.488. The molecule has 0 N–H and O–H groups in total. The average Bonchev–Trinajstić information content (AvgIpc) is 2.67. The third-order valence-corrected chi connectivity index (χ3v) is 5.33. The highest BCUT2D eigenvalue weighted by Gasteiger charge is 2.10. The van der Waals surface area contributed by atoms with Gasteiger partial charge in [0, 0.05) is 0 Å². The molecule has 0 amide bonds. The summed E-state index contributed by atoms with van der Waals surface area (Å²) in [6.45, 7) is 13.5. The molecule has 0 aliphatic heterocycles. The lowest BCUT2D eigenvalue weighted by atomic mass is 9.90. The highest BCUT2D eigenvalue weighted by molar-refractivity contribution is 5.73. The molecule has 0 unspecified atom stereocenters. The first-order valence-corrected chi connectivity index (χ1v) is 10.1. The van der Waals surface area contributed by atoms with Crippen LogP contribution in [-0.4, -0.2) is 0 Å². The van der Waals surface area contributed by atoms with E-state index >= 15 is 0 Å². The fourth-order valence-corrected chi connectivity index (χ4v) is 3.33. The van der Waals surface area contributed by atoms with Gasteiger partial charge in [0.05, 0.1) is 0 Å². The van der Waals surface area contributed by atoms with Crippen LogP contribution in [-0.2, 0) is 0 Å². The molecule has 0 fully saturated rings. The largest absolute Gasteiger partial charge is 0.0587 e. The van der Waals surface area contributed by atoms with Crippen molar-refractivity contribution >= 4 is 0 Å². The molecule has 3 aromatic rings. The van der Waals surface area contributed by atoms with Gasteiger partial charge in [-0.05, 0) is 62.8 Å². The number of hydrogen-bond donors (Lipinski definition) is 0. The molecule has 0 saturated heterocycles. The van der Waals surface area contributed by atoms with Crippen LogP contribution in [0.5, 0.6) is 0 Å². The van der Waals surface area contributed by atoms with E-state index in [4.69, 9.17) is 0 Å². The van der Waals surface area contributed by atoms with E-state index in [2.05, 4.69) is 108 Å². The third-order valence-electron chi connectivity index (χ3n) is 5.33. The standard InChI is InChI=1S/C27H31/c1-18(2)21-7-11-23(12-8-21)26-15-25(20(5)6)16-27(17-26)24-13-9-22(10-14-24)19(3)4/h7-16,18-20H,1-6H3. The lowest BCUT2D eigenvalue weighted by molar-refractivity contribution is 0.865. The minimum atomic E-state index is 0.488. The summed E-state index contributed by atoms with van der Waals surface area (Å²) in [5, 5.41) is 0. The first-order chi connectivity index (χ1) is 12.8. The lowest BCUT2D eigenvalue weighted by Crippen LogP contribution is -1.93. The Bertz CT molecular complexity index is 809. The Labute approximate surface area is 165 Å². The summed E-state index contributed by atoms with van der Waals surface area (Å²) < 4.78 is 0. The molecule has 139 valence electrons. The summed E-state index contributed by atoms with van der Waals surface area (Å²) in [6, 6.07) is 26.2. The Hall–Kier alpha value is -2.34. The van der Waals surface area contributed by atoms with Gasteiger partial charge in [0.25, 0.3) is 0 Å². The van der Waals surface area contributed by atoms with Crippen LogP contribution in [0.15, 0.2) is 60.7 Å². The second-order valence-corrected chi connectivity index (χ2v) is 8.45. The van der Waals surface area contributed by atoms with Gasteiger partial charge in [0.15, 0.2) is 0 Å². The Morgan fingerprint density at radius 3 is 1.11 bits per heavy atom. The van der Waals surface area contributed by atoms with Gasteiger partial charge < -0.3 is 0 Å². The normalized spacial score (nSPS) is 11.6. The van der Waals surface area contributed by atoms with Gasteiger partial charge in [-0.2, -0.15) is 0 Å². The van der Waals surface area contributed by atoms with Gasteiger partial charge in [0.2, 0.25) is 0 Å². The van der Waals surface area contributed by atoms with Crippen molar-refractivity contribution in [3.63, 3.8) is 0 Å². The van der Waals surface area contributed by atoms with Crippen molar-refractivity contribution in [2.75, 3.05) is 0 Å². The molecule has 3 aromatic carbocycles. The van der Waals surface area contributed by atoms with E-state index in [0.717, 1.165) is 0 Å². The Morgan fingerprint density at radius 2 is 0.815 bits per heavy atom. The van der Waals surface area contributed by atoms with Gasteiger partial charge in [0.1, 0.15) is 0 Å². The van der Waals surface area contributed by atoms with Crippen LogP contribution in [0.2, 0.25) is 0 Å². The molecule has 0 atom stereocenters. The van der Waals surface area contributed by atoms with Gasteiger partial charge in [-0.3, -0.25) is 0 Å². The second-order valence-electron chi connectivity index (χ2n) is 8.45. The molecule has 0 bridgehead atoms. The van der Waals surface area contributed by atoms with Crippen molar-refractivity contribution in [1.82, 2.24) is 0 Å². The van der Waals surface area contributed by atoms with Crippen molar-refractivity contribution in [3.05, 3.63) is 83.4 Å². The maximum Gasteiger partial charge on any atom is -0.00141 e. The summed E-state index contributed by atoms with van der Waals surface area (Å²) in [4.78, 5) is 0.